The second-order valence-electron chi connectivity index (χ2n) is 2.58. The third kappa shape index (κ3) is 2.25. The van der Waals surface area contributed by atoms with Crippen LogP contribution in [-0.2, 0) is 14.4 Å². The zero-order valence-electron chi connectivity index (χ0n) is 7.53. The number of hydrazone groups is 1. The van der Waals surface area contributed by atoms with Crippen molar-refractivity contribution in [3.63, 3.8) is 0 Å². The molecule has 2 amide bonds. The molecule has 0 atom stereocenters. The van der Waals surface area contributed by atoms with E-state index in [1.165, 1.54) is 14.2 Å². The lowest BCUT2D eigenvalue weighted by atomic mass is 10.2. The van der Waals surface area contributed by atoms with E-state index >= 15 is 0 Å². The van der Waals surface area contributed by atoms with Crippen molar-refractivity contribution in [3.05, 3.63) is 0 Å². The molecule has 1 aliphatic heterocycles. The summed E-state index contributed by atoms with van der Waals surface area (Å²) in [7, 11) is 2.88. The smallest absolute Gasteiger partial charge is 0.274 e. The predicted octanol–water partition coefficient (Wildman–Crippen LogP) is -0.728. The van der Waals surface area contributed by atoms with Gasteiger partial charge in [-0.05, 0) is 0 Å². The largest absolute Gasteiger partial charge is 0.293 e. The molecular formula is C7H11N3O3. The molecule has 0 saturated heterocycles. The highest BCUT2D eigenvalue weighted by atomic mass is 16.7. The lowest BCUT2D eigenvalue weighted by molar-refractivity contribution is -0.160. The van der Waals surface area contributed by atoms with E-state index in [1.54, 1.807) is 0 Å². The van der Waals surface area contributed by atoms with Gasteiger partial charge in [0.15, 0.2) is 0 Å². The first-order valence-corrected chi connectivity index (χ1v) is 3.82. The van der Waals surface area contributed by atoms with Gasteiger partial charge in [0.25, 0.3) is 5.91 Å². The minimum absolute atomic E-state index is 0.170. The maximum Gasteiger partial charge on any atom is 0.293 e. The summed E-state index contributed by atoms with van der Waals surface area (Å²) >= 11 is 0. The van der Waals surface area contributed by atoms with Gasteiger partial charge in [0.05, 0.1) is 7.11 Å². The van der Waals surface area contributed by atoms with Gasteiger partial charge in [0.2, 0.25) is 5.91 Å². The number of nitrogens with zero attached hydrogens (tertiary/aromatic N) is 2. The average molecular weight is 185 g/mol. The summed E-state index contributed by atoms with van der Waals surface area (Å²) in [6.07, 6.45) is 0.653. The molecule has 1 heterocycles. The van der Waals surface area contributed by atoms with E-state index in [9.17, 15) is 9.59 Å². The average Bonchev–Trinajstić information content (AvgIpc) is 2.17. The standard InChI is InChI=1S/C7H11N3O3/c1-10(13-2)7(12)5-3-4-6(11)9-8-5/h3-4H2,1-2H3,(H,9,11). The lowest BCUT2D eigenvalue weighted by Gasteiger charge is -2.16. The molecule has 1 aliphatic rings. The molecule has 0 spiro atoms. The number of rotatable bonds is 2. The summed E-state index contributed by atoms with van der Waals surface area (Å²) in [6.45, 7) is 0. The van der Waals surface area contributed by atoms with Crippen molar-refractivity contribution in [3.8, 4) is 0 Å². The van der Waals surface area contributed by atoms with Crippen molar-refractivity contribution >= 4 is 17.5 Å². The van der Waals surface area contributed by atoms with Crippen LogP contribution in [0, 0.1) is 0 Å². The monoisotopic (exact) mass is 185 g/mol. The Balaban J connectivity index is 2.62. The predicted molar refractivity (Wildman–Crippen MR) is 44.6 cm³/mol. The molecule has 1 rings (SSSR count). The number of hydroxylamine groups is 2. The summed E-state index contributed by atoms with van der Waals surface area (Å²) in [5, 5.41) is 4.69. The highest BCUT2D eigenvalue weighted by Gasteiger charge is 2.21. The van der Waals surface area contributed by atoms with Crippen LogP contribution in [0.1, 0.15) is 12.8 Å². The van der Waals surface area contributed by atoms with Crippen molar-refractivity contribution in [2.45, 2.75) is 12.8 Å². The molecule has 0 radical (unpaired) electrons. The van der Waals surface area contributed by atoms with Crippen molar-refractivity contribution < 1.29 is 14.4 Å². The minimum atomic E-state index is -0.331. The third-order valence-electron chi connectivity index (χ3n) is 1.71. The van der Waals surface area contributed by atoms with Crippen LogP contribution in [0.15, 0.2) is 5.10 Å². The molecule has 13 heavy (non-hydrogen) atoms. The summed E-state index contributed by atoms with van der Waals surface area (Å²) in [5.41, 5.74) is 2.55. The lowest BCUT2D eigenvalue weighted by Crippen LogP contribution is -2.37. The molecule has 6 heteroatoms. The van der Waals surface area contributed by atoms with Crippen LogP contribution in [-0.4, -0.2) is 36.7 Å². The van der Waals surface area contributed by atoms with Gasteiger partial charge in [0, 0.05) is 19.9 Å². The summed E-state index contributed by atoms with van der Waals surface area (Å²) in [6, 6.07) is 0. The van der Waals surface area contributed by atoms with Gasteiger partial charge in [-0.3, -0.25) is 14.4 Å². The fourth-order valence-corrected chi connectivity index (χ4v) is 0.893. The highest BCUT2D eigenvalue weighted by molar-refractivity contribution is 6.39. The minimum Gasteiger partial charge on any atom is -0.274 e. The molecule has 0 aliphatic carbocycles. The van der Waals surface area contributed by atoms with Gasteiger partial charge in [-0.15, -0.1) is 0 Å². The van der Waals surface area contributed by atoms with Crippen molar-refractivity contribution in [1.82, 2.24) is 10.5 Å². The fourth-order valence-electron chi connectivity index (χ4n) is 0.893. The second kappa shape index (κ2) is 3.99. The molecule has 72 valence electrons. The molecule has 0 unspecified atom stereocenters. The number of amides is 2. The first kappa shape index (κ1) is 9.66. The first-order chi connectivity index (χ1) is 6.15. The Kier molecular flexibility index (Phi) is 2.97. The Hall–Kier alpha value is -1.43. The zero-order valence-corrected chi connectivity index (χ0v) is 7.53. The Morgan fingerprint density at radius 3 is 2.77 bits per heavy atom. The van der Waals surface area contributed by atoms with E-state index in [1.807, 2.05) is 0 Å². The van der Waals surface area contributed by atoms with Crippen LogP contribution in [0.4, 0.5) is 0 Å². The second-order valence-corrected chi connectivity index (χ2v) is 2.58. The van der Waals surface area contributed by atoms with Crippen LogP contribution in [0.5, 0.6) is 0 Å². The fraction of sp³-hybridized carbons (Fsp3) is 0.571. The molecule has 0 aromatic carbocycles. The van der Waals surface area contributed by atoms with Gasteiger partial charge in [-0.25, -0.2) is 10.5 Å². The van der Waals surface area contributed by atoms with Crippen LogP contribution in [0.2, 0.25) is 0 Å². The Labute approximate surface area is 75.5 Å². The van der Waals surface area contributed by atoms with E-state index in [2.05, 4.69) is 15.4 Å². The summed E-state index contributed by atoms with van der Waals surface area (Å²) in [5.74, 6) is -0.501. The van der Waals surface area contributed by atoms with Gasteiger partial charge in [-0.1, -0.05) is 0 Å². The third-order valence-corrected chi connectivity index (χ3v) is 1.71. The van der Waals surface area contributed by atoms with Crippen molar-refractivity contribution in [2.24, 2.45) is 5.10 Å². The first-order valence-electron chi connectivity index (χ1n) is 3.82. The number of nitrogens with one attached hydrogen (secondary N) is 1. The molecule has 0 aromatic heterocycles. The van der Waals surface area contributed by atoms with Crippen molar-refractivity contribution in [1.29, 1.82) is 0 Å². The SMILES string of the molecule is CON(C)C(=O)C1=NNC(=O)CC1. The van der Waals surface area contributed by atoms with Gasteiger partial charge in [-0.2, -0.15) is 5.10 Å². The van der Waals surface area contributed by atoms with E-state index in [0.717, 1.165) is 5.06 Å². The van der Waals surface area contributed by atoms with E-state index in [-0.39, 0.29) is 11.8 Å². The van der Waals surface area contributed by atoms with Gasteiger partial charge in [0.1, 0.15) is 5.71 Å². The normalized spacial score (nSPS) is 16.2. The molecular weight excluding hydrogens is 174 g/mol. The van der Waals surface area contributed by atoms with E-state index in [4.69, 9.17) is 0 Å². The number of hydrogen-bond donors (Lipinski definition) is 1. The van der Waals surface area contributed by atoms with E-state index < -0.39 is 0 Å². The van der Waals surface area contributed by atoms with Gasteiger partial charge < -0.3 is 0 Å². The highest BCUT2D eigenvalue weighted by Crippen LogP contribution is 2.02. The Morgan fingerprint density at radius 2 is 2.31 bits per heavy atom. The zero-order chi connectivity index (χ0) is 9.84. The number of carbonyl (C=O) groups is 2. The molecule has 0 fully saturated rings. The van der Waals surface area contributed by atoms with Crippen LogP contribution >= 0.6 is 0 Å². The molecule has 6 nitrogen and oxygen atoms in total. The van der Waals surface area contributed by atoms with Crippen LogP contribution < -0.4 is 5.43 Å². The van der Waals surface area contributed by atoms with Crippen LogP contribution in [0.25, 0.3) is 0 Å². The topological polar surface area (TPSA) is 71.0 Å². The number of carbonyl (C=O) groups excluding carboxylic acids is 2. The Bertz CT molecular complexity index is 262. The molecule has 0 saturated carbocycles. The number of hydrogen-bond acceptors (Lipinski definition) is 4. The Morgan fingerprint density at radius 1 is 1.62 bits per heavy atom. The molecule has 1 N–H and O–H groups in total. The maximum absolute atomic E-state index is 11.4. The quantitative estimate of drug-likeness (QED) is 0.577. The van der Waals surface area contributed by atoms with Crippen LogP contribution in [0.3, 0.4) is 0 Å². The maximum atomic E-state index is 11.4. The molecule has 0 aromatic rings. The summed E-state index contributed by atoms with van der Waals surface area (Å²) in [4.78, 5) is 26.7. The summed E-state index contributed by atoms with van der Waals surface area (Å²) < 4.78 is 0. The van der Waals surface area contributed by atoms with Gasteiger partial charge >= 0.3 is 0 Å². The molecule has 0 bridgehead atoms. The van der Waals surface area contributed by atoms with Crippen molar-refractivity contribution in [2.75, 3.05) is 14.2 Å². The van der Waals surface area contributed by atoms with E-state index in [0.29, 0.717) is 18.6 Å².